The summed E-state index contributed by atoms with van der Waals surface area (Å²) in [5.74, 6) is 1.17. The van der Waals surface area contributed by atoms with Crippen LogP contribution in [0.15, 0.2) is 48.5 Å². The van der Waals surface area contributed by atoms with Gasteiger partial charge in [-0.1, -0.05) is 30.3 Å². The molecule has 21 heavy (non-hydrogen) atoms. The van der Waals surface area contributed by atoms with Crippen LogP contribution in [0.3, 0.4) is 0 Å². The number of hydrogen-bond acceptors (Lipinski definition) is 3. The molecule has 1 heterocycles. The zero-order valence-corrected chi connectivity index (χ0v) is 12.3. The molecule has 3 nitrogen and oxygen atoms in total. The van der Waals surface area contributed by atoms with Gasteiger partial charge < -0.3 is 14.7 Å². The normalized spacial score (nSPS) is 17.4. The summed E-state index contributed by atoms with van der Waals surface area (Å²) in [5, 5.41) is 9.57. The lowest BCUT2D eigenvalue weighted by Crippen LogP contribution is -2.36. The monoisotopic (exact) mass is 283 g/mol. The fourth-order valence-electron chi connectivity index (χ4n) is 3.02. The third-order valence-corrected chi connectivity index (χ3v) is 4.09. The Kier molecular flexibility index (Phi) is 4.11. The number of methoxy groups -OCH3 is 1. The lowest BCUT2D eigenvalue weighted by Gasteiger charge is -2.35. The molecule has 1 atom stereocenters. The van der Waals surface area contributed by atoms with Gasteiger partial charge in [0.15, 0.2) is 0 Å². The van der Waals surface area contributed by atoms with Crippen molar-refractivity contribution < 1.29 is 9.84 Å². The van der Waals surface area contributed by atoms with Crippen LogP contribution in [-0.2, 0) is 13.0 Å². The molecule has 110 valence electrons. The van der Waals surface area contributed by atoms with Gasteiger partial charge in [-0.15, -0.1) is 0 Å². The Hall–Kier alpha value is -2.00. The topological polar surface area (TPSA) is 32.7 Å². The Labute approximate surface area is 125 Å². The molecule has 1 aliphatic rings. The van der Waals surface area contributed by atoms with Crippen LogP contribution >= 0.6 is 0 Å². The number of ether oxygens (including phenoxy) is 1. The second-order valence-corrected chi connectivity index (χ2v) is 5.61. The first-order chi connectivity index (χ1) is 10.3. The Morgan fingerprint density at radius 2 is 2.00 bits per heavy atom. The molecule has 0 saturated heterocycles. The zero-order valence-electron chi connectivity index (χ0n) is 12.3. The molecule has 0 saturated carbocycles. The number of nitrogens with zero attached hydrogens (tertiary/aromatic N) is 1. The van der Waals surface area contributed by atoms with Gasteiger partial charge in [-0.3, -0.25) is 0 Å². The Bertz CT molecular complexity index is 597. The van der Waals surface area contributed by atoms with E-state index in [9.17, 15) is 5.11 Å². The molecule has 0 aromatic heterocycles. The van der Waals surface area contributed by atoms with E-state index in [2.05, 4.69) is 41.3 Å². The molecule has 1 aliphatic heterocycles. The van der Waals surface area contributed by atoms with Crippen molar-refractivity contribution in [2.45, 2.75) is 13.0 Å². The van der Waals surface area contributed by atoms with Gasteiger partial charge in [0, 0.05) is 31.3 Å². The molecule has 1 unspecified atom stereocenters. The van der Waals surface area contributed by atoms with Crippen molar-refractivity contribution >= 4 is 5.69 Å². The highest BCUT2D eigenvalue weighted by molar-refractivity contribution is 5.58. The lowest BCUT2D eigenvalue weighted by molar-refractivity contribution is 0.223. The molecule has 1 N–H and O–H groups in total. The van der Waals surface area contributed by atoms with E-state index < -0.39 is 0 Å². The molecule has 0 bridgehead atoms. The quantitative estimate of drug-likeness (QED) is 0.936. The Morgan fingerprint density at radius 1 is 1.19 bits per heavy atom. The van der Waals surface area contributed by atoms with Crippen LogP contribution < -0.4 is 9.64 Å². The average Bonchev–Trinajstić information content (AvgIpc) is 2.55. The molecule has 2 aromatic carbocycles. The average molecular weight is 283 g/mol. The first-order valence-electron chi connectivity index (χ1n) is 7.37. The van der Waals surface area contributed by atoms with Crippen LogP contribution in [-0.4, -0.2) is 25.4 Å². The SMILES string of the molecule is COc1ccc2c(c1)CC(CO)CN2Cc1ccccc1. The largest absolute Gasteiger partial charge is 0.497 e. The van der Waals surface area contributed by atoms with Crippen LogP contribution in [0.5, 0.6) is 5.75 Å². The molecule has 0 aliphatic carbocycles. The maximum atomic E-state index is 9.57. The molecule has 2 aromatic rings. The number of fused-ring (bicyclic) bond motifs is 1. The highest BCUT2D eigenvalue weighted by Crippen LogP contribution is 2.33. The molecule has 0 fully saturated rings. The van der Waals surface area contributed by atoms with Crippen LogP contribution in [0.25, 0.3) is 0 Å². The highest BCUT2D eigenvalue weighted by atomic mass is 16.5. The number of hydrogen-bond donors (Lipinski definition) is 1. The van der Waals surface area contributed by atoms with Crippen molar-refractivity contribution in [1.29, 1.82) is 0 Å². The molecule has 3 rings (SSSR count). The van der Waals surface area contributed by atoms with Gasteiger partial charge in [0.2, 0.25) is 0 Å². The maximum Gasteiger partial charge on any atom is 0.119 e. The molecule has 0 radical (unpaired) electrons. The molecule has 0 amide bonds. The smallest absolute Gasteiger partial charge is 0.119 e. The number of aliphatic hydroxyl groups is 1. The van der Waals surface area contributed by atoms with Crippen molar-refractivity contribution in [3.05, 3.63) is 59.7 Å². The summed E-state index contributed by atoms with van der Waals surface area (Å²) in [4.78, 5) is 2.36. The number of anilines is 1. The van der Waals surface area contributed by atoms with Crippen molar-refractivity contribution in [2.75, 3.05) is 25.2 Å². The van der Waals surface area contributed by atoms with Crippen LogP contribution in [0, 0.1) is 5.92 Å². The fourth-order valence-corrected chi connectivity index (χ4v) is 3.02. The number of aliphatic hydroxyl groups excluding tert-OH is 1. The van der Waals surface area contributed by atoms with Gasteiger partial charge in [-0.2, -0.15) is 0 Å². The van der Waals surface area contributed by atoms with Crippen LogP contribution in [0.4, 0.5) is 5.69 Å². The van der Waals surface area contributed by atoms with Crippen molar-refractivity contribution in [3.63, 3.8) is 0 Å². The predicted octanol–water partition coefficient (Wildman–Crippen LogP) is 2.87. The van der Waals surface area contributed by atoms with E-state index in [1.54, 1.807) is 7.11 Å². The first-order valence-corrected chi connectivity index (χ1v) is 7.37. The van der Waals surface area contributed by atoms with Crippen LogP contribution in [0.1, 0.15) is 11.1 Å². The van der Waals surface area contributed by atoms with Gasteiger partial charge >= 0.3 is 0 Å². The van der Waals surface area contributed by atoms with Gasteiger partial charge in [-0.25, -0.2) is 0 Å². The van der Waals surface area contributed by atoms with E-state index in [-0.39, 0.29) is 12.5 Å². The summed E-state index contributed by atoms with van der Waals surface area (Å²) in [6.45, 7) is 1.99. The van der Waals surface area contributed by atoms with Gasteiger partial charge in [0.05, 0.1) is 7.11 Å². The van der Waals surface area contributed by atoms with Crippen molar-refractivity contribution in [2.24, 2.45) is 5.92 Å². The minimum atomic E-state index is 0.224. The highest BCUT2D eigenvalue weighted by Gasteiger charge is 2.24. The third-order valence-electron chi connectivity index (χ3n) is 4.09. The fraction of sp³-hybridized carbons (Fsp3) is 0.333. The Balaban J connectivity index is 1.90. The van der Waals surface area contributed by atoms with Crippen molar-refractivity contribution in [1.82, 2.24) is 0 Å². The first kappa shape index (κ1) is 14.0. The second-order valence-electron chi connectivity index (χ2n) is 5.61. The summed E-state index contributed by atoms with van der Waals surface area (Å²) in [6.07, 6.45) is 0.911. The minimum Gasteiger partial charge on any atom is -0.497 e. The van der Waals surface area contributed by atoms with E-state index in [1.807, 2.05) is 12.1 Å². The van der Waals surface area contributed by atoms with Crippen molar-refractivity contribution in [3.8, 4) is 5.75 Å². The summed E-state index contributed by atoms with van der Waals surface area (Å²) in [6, 6.07) is 16.7. The second kappa shape index (κ2) is 6.19. The van der Waals surface area contributed by atoms with Crippen LogP contribution in [0.2, 0.25) is 0 Å². The number of benzene rings is 2. The van der Waals surface area contributed by atoms with E-state index in [0.29, 0.717) is 0 Å². The maximum absolute atomic E-state index is 9.57. The van der Waals surface area contributed by atoms with E-state index >= 15 is 0 Å². The molecular weight excluding hydrogens is 262 g/mol. The van der Waals surface area contributed by atoms with E-state index in [4.69, 9.17) is 4.74 Å². The van der Waals surface area contributed by atoms with Gasteiger partial charge in [-0.05, 0) is 35.7 Å². The zero-order chi connectivity index (χ0) is 14.7. The lowest BCUT2D eigenvalue weighted by atomic mass is 9.92. The standard InChI is InChI=1S/C18H21NO2/c1-21-17-7-8-18-16(10-17)9-15(13-20)12-19(18)11-14-5-3-2-4-6-14/h2-8,10,15,20H,9,11-13H2,1H3. The minimum absolute atomic E-state index is 0.224. The summed E-state index contributed by atoms with van der Waals surface area (Å²) in [7, 11) is 1.69. The summed E-state index contributed by atoms with van der Waals surface area (Å²) < 4.78 is 5.32. The molecular formula is C18H21NO2. The molecule has 0 spiro atoms. The van der Waals surface area contributed by atoms with E-state index in [1.165, 1.54) is 16.8 Å². The van der Waals surface area contributed by atoms with Gasteiger partial charge in [0.1, 0.15) is 5.75 Å². The molecule has 3 heteroatoms. The summed E-state index contributed by atoms with van der Waals surface area (Å²) in [5.41, 5.74) is 3.80. The number of rotatable bonds is 4. The predicted molar refractivity (Wildman–Crippen MR) is 84.8 cm³/mol. The summed E-state index contributed by atoms with van der Waals surface area (Å²) >= 11 is 0. The third kappa shape index (κ3) is 3.03. The Morgan fingerprint density at radius 3 is 2.71 bits per heavy atom. The van der Waals surface area contributed by atoms with Gasteiger partial charge in [0.25, 0.3) is 0 Å². The van der Waals surface area contributed by atoms with E-state index in [0.717, 1.165) is 25.3 Å².